The van der Waals surface area contributed by atoms with E-state index >= 15 is 0 Å². The summed E-state index contributed by atoms with van der Waals surface area (Å²) in [7, 11) is 0. The molecule has 0 bridgehead atoms. The third-order valence-corrected chi connectivity index (χ3v) is 5.60. The Labute approximate surface area is 179 Å². The van der Waals surface area contributed by atoms with Crippen molar-refractivity contribution in [2.24, 2.45) is 0 Å². The first kappa shape index (κ1) is 20.0. The molecule has 1 saturated heterocycles. The summed E-state index contributed by atoms with van der Waals surface area (Å²) in [5.41, 5.74) is 3.68. The number of carbonyl (C=O) groups excluding carboxylic acids is 2. The molecule has 2 amide bonds. The van der Waals surface area contributed by atoms with Gasteiger partial charge in [-0.3, -0.25) is 9.59 Å². The molecule has 7 heteroatoms. The Bertz CT molecular complexity index is 1020. The number of hydrogen-bond acceptors (Lipinski definition) is 4. The molecule has 0 unspecified atom stereocenters. The lowest BCUT2D eigenvalue weighted by Crippen LogP contribution is -2.40. The maximum absolute atomic E-state index is 13.5. The van der Waals surface area contributed by atoms with E-state index in [2.05, 4.69) is 0 Å². The number of aryl methyl sites for hydroxylation is 2. The minimum Gasteiger partial charge on any atom is -0.378 e. The number of amides is 2. The molecule has 2 aliphatic rings. The summed E-state index contributed by atoms with van der Waals surface area (Å²) in [5.74, 6) is -0.728. The Hall–Kier alpha value is -2.34. The number of hydrogen-bond donors (Lipinski definition) is 0. The first-order valence-electron chi connectivity index (χ1n) is 9.36. The van der Waals surface area contributed by atoms with Gasteiger partial charge in [0, 0.05) is 23.7 Å². The van der Waals surface area contributed by atoms with E-state index < -0.39 is 0 Å². The van der Waals surface area contributed by atoms with Crippen molar-refractivity contribution in [1.82, 2.24) is 4.90 Å². The van der Waals surface area contributed by atoms with Gasteiger partial charge in [0.05, 0.1) is 29.5 Å². The average Bonchev–Trinajstić information content (AvgIpc) is 2.92. The molecule has 29 heavy (non-hydrogen) atoms. The summed E-state index contributed by atoms with van der Waals surface area (Å²) < 4.78 is 5.43. The molecular formula is C22H20Cl2N2O3. The fourth-order valence-corrected chi connectivity index (χ4v) is 4.35. The minimum absolute atomic E-state index is 0.303. The Kier molecular flexibility index (Phi) is 5.38. The number of carbonyl (C=O) groups is 2. The molecule has 0 N–H and O–H groups in total. The summed E-state index contributed by atoms with van der Waals surface area (Å²) in [6.07, 6.45) is 0. The number of ether oxygens (including phenoxy) is 1. The summed E-state index contributed by atoms with van der Waals surface area (Å²) >= 11 is 12.5. The fraction of sp³-hybridized carbons (Fsp3) is 0.273. The number of imide groups is 1. The van der Waals surface area contributed by atoms with Crippen LogP contribution in [0.25, 0.3) is 5.57 Å². The molecule has 5 nitrogen and oxygen atoms in total. The molecule has 0 saturated carbocycles. The van der Waals surface area contributed by atoms with Crippen LogP contribution in [0.4, 0.5) is 5.69 Å². The van der Waals surface area contributed by atoms with Crippen LogP contribution >= 0.6 is 23.2 Å². The highest BCUT2D eigenvalue weighted by Crippen LogP contribution is 2.38. The topological polar surface area (TPSA) is 49.9 Å². The Morgan fingerprint density at radius 3 is 2.17 bits per heavy atom. The van der Waals surface area contributed by atoms with E-state index in [0.29, 0.717) is 58.9 Å². The van der Waals surface area contributed by atoms with Crippen LogP contribution in [0.5, 0.6) is 0 Å². The van der Waals surface area contributed by atoms with Crippen molar-refractivity contribution in [3.05, 3.63) is 68.8 Å². The molecule has 150 valence electrons. The first-order chi connectivity index (χ1) is 13.9. The van der Waals surface area contributed by atoms with Gasteiger partial charge in [-0.2, -0.15) is 0 Å². The lowest BCUT2D eigenvalue weighted by Gasteiger charge is -2.29. The molecule has 0 spiro atoms. The Balaban J connectivity index is 1.88. The van der Waals surface area contributed by atoms with Crippen LogP contribution in [-0.2, 0) is 14.3 Å². The van der Waals surface area contributed by atoms with Crippen molar-refractivity contribution >= 4 is 46.3 Å². The molecular weight excluding hydrogens is 411 g/mol. The second-order valence-electron chi connectivity index (χ2n) is 7.24. The number of halogens is 2. The highest BCUT2D eigenvalue weighted by Gasteiger charge is 2.43. The van der Waals surface area contributed by atoms with Gasteiger partial charge in [0.15, 0.2) is 0 Å². The Morgan fingerprint density at radius 2 is 1.55 bits per heavy atom. The maximum atomic E-state index is 13.5. The van der Waals surface area contributed by atoms with E-state index in [0.717, 1.165) is 11.1 Å². The summed E-state index contributed by atoms with van der Waals surface area (Å²) in [5, 5.41) is 0.803. The van der Waals surface area contributed by atoms with Crippen molar-refractivity contribution in [1.29, 1.82) is 0 Å². The number of benzene rings is 2. The molecule has 0 aromatic heterocycles. The zero-order chi connectivity index (χ0) is 20.7. The predicted molar refractivity (Wildman–Crippen MR) is 114 cm³/mol. The standard InChI is InChI=1S/C22H20Cl2N2O3/c1-13-9-14(2)11-16(10-13)26-21(27)19(17-4-3-15(23)12-18(17)24)20(22(26)28)25-5-7-29-8-6-25/h3-4,9-12H,5-8H2,1-2H3. The van der Waals surface area contributed by atoms with Crippen molar-refractivity contribution in [3.8, 4) is 0 Å². The van der Waals surface area contributed by atoms with Crippen LogP contribution in [0.15, 0.2) is 42.1 Å². The van der Waals surface area contributed by atoms with Crippen molar-refractivity contribution in [2.45, 2.75) is 13.8 Å². The van der Waals surface area contributed by atoms with Gasteiger partial charge in [-0.1, -0.05) is 35.3 Å². The molecule has 1 fully saturated rings. The quantitative estimate of drug-likeness (QED) is 0.683. The second kappa shape index (κ2) is 7.82. The average molecular weight is 431 g/mol. The number of nitrogens with zero attached hydrogens (tertiary/aromatic N) is 2. The summed E-state index contributed by atoms with van der Waals surface area (Å²) in [6, 6.07) is 10.6. The van der Waals surface area contributed by atoms with Crippen LogP contribution in [0.2, 0.25) is 10.0 Å². The van der Waals surface area contributed by atoms with Crippen LogP contribution < -0.4 is 4.90 Å². The van der Waals surface area contributed by atoms with E-state index in [1.807, 2.05) is 36.9 Å². The van der Waals surface area contributed by atoms with Gasteiger partial charge < -0.3 is 9.64 Å². The molecule has 2 aromatic carbocycles. The third kappa shape index (κ3) is 3.66. The lowest BCUT2D eigenvalue weighted by molar-refractivity contribution is -0.121. The van der Waals surface area contributed by atoms with Gasteiger partial charge in [-0.05, 0) is 49.2 Å². The van der Waals surface area contributed by atoms with Gasteiger partial charge in [0.1, 0.15) is 5.70 Å². The van der Waals surface area contributed by atoms with Gasteiger partial charge in [0.25, 0.3) is 11.8 Å². The van der Waals surface area contributed by atoms with E-state index in [9.17, 15) is 9.59 Å². The fourth-order valence-electron chi connectivity index (χ4n) is 3.85. The van der Waals surface area contributed by atoms with Crippen LogP contribution in [0.3, 0.4) is 0 Å². The molecule has 0 radical (unpaired) electrons. The van der Waals surface area contributed by atoms with E-state index in [-0.39, 0.29) is 11.8 Å². The normalized spacial score (nSPS) is 17.5. The van der Waals surface area contributed by atoms with Gasteiger partial charge in [-0.15, -0.1) is 0 Å². The molecule has 2 aliphatic heterocycles. The monoisotopic (exact) mass is 430 g/mol. The van der Waals surface area contributed by atoms with Crippen molar-refractivity contribution < 1.29 is 14.3 Å². The highest BCUT2D eigenvalue weighted by molar-refractivity contribution is 6.47. The van der Waals surface area contributed by atoms with Gasteiger partial charge in [-0.25, -0.2) is 4.90 Å². The van der Waals surface area contributed by atoms with Gasteiger partial charge >= 0.3 is 0 Å². The van der Waals surface area contributed by atoms with E-state index in [4.69, 9.17) is 27.9 Å². The summed E-state index contributed by atoms with van der Waals surface area (Å²) in [4.78, 5) is 30.2. The van der Waals surface area contributed by atoms with E-state index in [1.54, 1.807) is 18.2 Å². The van der Waals surface area contributed by atoms with E-state index in [1.165, 1.54) is 4.90 Å². The maximum Gasteiger partial charge on any atom is 0.282 e. The third-order valence-electron chi connectivity index (χ3n) is 5.05. The van der Waals surface area contributed by atoms with Crippen LogP contribution in [0.1, 0.15) is 16.7 Å². The number of morpholine rings is 1. The molecule has 0 atom stereocenters. The lowest BCUT2D eigenvalue weighted by atomic mass is 10.0. The first-order valence-corrected chi connectivity index (χ1v) is 10.1. The van der Waals surface area contributed by atoms with Crippen molar-refractivity contribution in [2.75, 3.05) is 31.2 Å². The minimum atomic E-state index is -0.384. The number of rotatable bonds is 3. The van der Waals surface area contributed by atoms with Crippen LogP contribution in [0, 0.1) is 13.8 Å². The highest BCUT2D eigenvalue weighted by atomic mass is 35.5. The SMILES string of the molecule is Cc1cc(C)cc(N2C(=O)C(c3ccc(Cl)cc3Cl)=C(N3CCOCC3)C2=O)c1. The Morgan fingerprint density at radius 1 is 0.897 bits per heavy atom. The van der Waals surface area contributed by atoms with Crippen LogP contribution in [-0.4, -0.2) is 43.0 Å². The molecule has 0 aliphatic carbocycles. The largest absolute Gasteiger partial charge is 0.378 e. The molecule has 4 rings (SSSR count). The zero-order valence-corrected chi connectivity index (χ0v) is 17.7. The number of anilines is 1. The zero-order valence-electron chi connectivity index (χ0n) is 16.2. The predicted octanol–water partition coefficient (Wildman–Crippen LogP) is 4.23. The molecule has 2 heterocycles. The molecule has 2 aromatic rings. The summed E-state index contributed by atoms with van der Waals surface area (Å²) in [6.45, 7) is 5.93. The second-order valence-corrected chi connectivity index (χ2v) is 8.08. The van der Waals surface area contributed by atoms with Gasteiger partial charge in [0.2, 0.25) is 0 Å². The van der Waals surface area contributed by atoms with Crippen molar-refractivity contribution in [3.63, 3.8) is 0 Å². The smallest absolute Gasteiger partial charge is 0.282 e.